The molecule has 0 saturated heterocycles. The van der Waals surface area contributed by atoms with Gasteiger partial charge in [0.25, 0.3) is 6.43 Å². The lowest BCUT2D eigenvalue weighted by Gasteiger charge is -2.13. The van der Waals surface area contributed by atoms with E-state index in [-0.39, 0.29) is 12.7 Å². The Balaban J connectivity index is 3.46. The number of hydrogen-bond donors (Lipinski definition) is 1. The number of aromatic nitrogens is 1. The number of nitrogens with zero attached hydrogens (tertiary/aromatic N) is 1. The van der Waals surface area contributed by atoms with Crippen molar-refractivity contribution in [2.75, 3.05) is 12.3 Å². The highest BCUT2D eigenvalue weighted by Crippen LogP contribution is 2.34. The first kappa shape index (κ1) is 15.1. The Hall–Kier alpha value is -1.93. The zero-order valence-electron chi connectivity index (χ0n) is 9.59. The van der Waals surface area contributed by atoms with Gasteiger partial charge in [-0.25, -0.2) is 18.6 Å². The van der Waals surface area contributed by atoms with E-state index in [0.29, 0.717) is 0 Å². The first-order chi connectivity index (χ1) is 8.68. The molecule has 0 fully saturated rings. The summed E-state index contributed by atoms with van der Waals surface area (Å²) in [5.74, 6) is -2.36. The fourth-order valence-electron chi connectivity index (χ4n) is 1.33. The molecule has 0 saturated carbocycles. The van der Waals surface area contributed by atoms with Gasteiger partial charge >= 0.3 is 12.1 Å². The van der Waals surface area contributed by atoms with Crippen molar-refractivity contribution in [2.45, 2.75) is 19.5 Å². The Morgan fingerprint density at radius 2 is 2.05 bits per heavy atom. The van der Waals surface area contributed by atoms with Crippen LogP contribution in [0.25, 0.3) is 0 Å². The number of alkyl halides is 5. The van der Waals surface area contributed by atoms with Gasteiger partial charge in [-0.1, -0.05) is 0 Å². The molecule has 0 atom stereocenters. The summed E-state index contributed by atoms with van der Waals surface area (Å²) < 4.78 is 67.3. The van der Waals surface area contributed by atoms with E-state index in [0.717, 1.165) is 0 Å². The average Bonchev–Trinajstić information content (AvgIpc) is 2.26. The molecule has 9 heteroatoms. The molecule has 0 amide bonds. The number of esters is 1. The normalized spacial score (nSPS) is 11.7. The number of anilines is 1. The first-order valence-corrected chi connectivity index (χ1v) is 5.01. The van der Waals surface area contributed by atoms with E-state index >= 15 is 0 Å². The summed E-state index contributed by atoms with van der Waals surface area (Å²) in [6, 6.07) is 0.204. The van der Waals surface area contributed by atoms with Crippen molar-refractivity contribution >= 4 is 11.8 Å². The minimum Gasteiger partial charge on any atom is -0.462 e. The summed E-state index contributed by atoms with van der Waals surface area (Å²) in [5.41, 5.74) is 1.53. The summed E-state index contributed by atoms with van der Waals surface area (Å²) in [4.78, 5) is 14.2. The van der Waals surface area contributed by atoms with Gasteiger partial charge in [-0.2, -0.15) is 13.2 Å². The average molecular weight is 284 g/mol. The molecule has 4 nitrogen and oxygen atoms in total. The minimum atomic E-state index is -4.91. The molecule has 19 heavy (non-hydrogen) atoms. The van der Waals surface area contributed by atoms with Crippen molar-refractivity contribution in [3.05, 3.63) is 22.9 Å². The number of carbonyl (C=O) groups excluding carboxylic acids is 1. The van der Waals surface area contributed by atoms with Crippen LogP contribution in [-0.2, 0) is 10.9 Å². The van der Waals surface area contributed by atoms with Crippen LogP contribution in [0.2, 0.25) is 0 Å². The molecule has 106 valence electrons. The van der Waals surface area contributed by atoms with E-state index < -0.39 is 41.2 Å². The Morgan fingerprint density at radius 1 is 1.47 bits per heavy atom. The molecular weight excluding hydrogens is 275 g/mol. The van der Waals surface area contributed by atoms with Gasteiger partial charge in [-0.15, -0.1) is 0 Å². The third-order valence-electron chi connectivity index (χ3n) is 2.09. The van der Waals surface area contributed by atoms with Crippen LogP contribution in [0.15, 0.2) is 6.07 Å². The van der Waals surface area contributed by atoms with Crippen LogP contribution in [0.5, 0.6) is 0 Å². The number of pyridine rings is 1. The standard InChI is InChI=1S/C10H9F5N2O2/c1-2-19-9(18)4-3-5(10(13,14)15)17-8(16)6(4)7(11)12/h3,7H,2H2,1H3,(H2,16,17). The highest BCUT2D eigenvalue weighted by atomic mass is 19.4. The molecule has 1 aromatic heterocycles. The Bertz CT molecular complexity index is 488. The Kier molecular flexibility index (Phi) is 4.28. The molecule has 0 radical (unpaired) electrons. The second kappa shape index (κ2) is 5.37. The molecule has 1 aromatic rings. The van der Waals surface area contributed by atoms with Crippen molar-refractivity contribution in [3.63, 3.8) is 0 Å². The van der Waals surface area contributed by atoms with E-state index in [4.69, 9.17) is 5.73 Å². The van der Waals surface area contributed by atoms with Crippen LogP contribution in [0.1, 0.15) is 35.0 Å². The van der Waals surface area contributed by atoms with Crippen molar-refractivity contribution < 1.29 is 31.5 Å². The zero-order chi connectivity index (χ0) is 14.8. The van der Waals surface area contributed by atoms with Gasteiger partial charge in [0, 0.05) is 0 Å². The number of rotatable bonds is 3. The number of halogens is 5. The molecule has 1 heterocycles. The van der Waals surface area contributed by atoms with Gasteiger partial charge < -0.3 is 10.5 Å². The summed E-state index contributed by atoms with van der Waals surface area (Å²) in [5, 5.41) is 0. The largest absolute Gasteiger partial charge is 0.462 e. The van der Waals surface area contributed by atoms with Crippen LogP contribution in [0.4, 0.5) is 27.8 Å². The summed E-state index contributed by atoms with van der Waals surface area (Å²) in [6.45, 7) is 1.21. The molecule has 0 aliphatic rings. The lowest BCUT2D eigenvalue weighted by molar-refractivity contribution is -0.141. The monoisotopic (exact) mass is 284 g/mol. The second-order valence-electron chi connectivity index (χ2n) is 3.37. The van der Waals surface area contributed by atoms with Crippen LogP contribution in [0.3, 0.4) is 0 Å². The van der Waals surface area contributed by atoms with E-state index in [1.807, 2.05) is 0 Å². The predicted molar refractivity (Wildman–Crippen MR) is 54.6 cm³/mol. The van der Waals surface area contributed by atoms with Crippen molar-refractivity contribution in [1.29, 1.82) is 0 Å². The molecular formula is C10H9F5N2O2. The van der Waals surface area contributed by atoms with Crippen molar-refractivity contribution in [2.24, 2.45) is 0 Å². The summed E-state index contributed by atoms with van der Waals surface area (Å²) in [6.07, 6.45) is -8.15. The Morgan fingerprint density at radius 3 is 2.47 bits per heavy atom. The predicted octanol–water partition coefficient (Wildman–Crippen LogP) is 2.80. The lowest BCUT2D eigenvalue weighted by Crippen LogP contribution is -2.17. The fraction of sp³-hybridized carbons (Fsp3) is 0.400. The number of hydrogen-bond acceptors (Lipinski definition) is 4. The maximum Gasteiger partial charge on any atom is 0.433 e. The molecule has 0 bridgehead atoms. The van der Waals surface area contributed by atoms with E-state index in [9.17, 15) is 26.7 Å². The highest BCUT2D eigenvalue weighted by Gasteiger charge is 2.36. The lowest BCUT2D eigenvalue weighted by atomic mass is 10.1. The van der Waals surface area contributed by atoms with E-state index in [2.05, 4.69) is 9.72 Å². The third kappa shape index (κ3) is 3.30. The number of ether oxygens (including phenoxy) is 1. The zero-order valence-corrected chi connectivity index (χ0v) is 9.59. The van der Waals surface area contributed by atoms with Gasteiger partial charge in [-0.05, 0) is 13.0 Å². The molecule has 2 N–H and O–H groups in total. The van der Waals surface area contributed by atoms with Crippen LogP contribution < -0.4 is 5.73 Å². The topological polar surface area (TPSA) is 65.2 Å². The van der Waals surface area contributed by atoms with Crippen molar-refractivity contribution in [3.8, 4) is 0 Å². The summed E-state index contributed by atoms with van der Waals surface area (Å²) in [7, 11) is 0. The number of carbonyl (C=O) groups is 1. The highest BCUT2D eigenvalue weighted by molar-refractivity contribution is 5.92. The smallest absolute Gasteiger partial charge is 0.433 e. The summed E-state index contributed by atoms with van der Waals surface area (Å²) >= 11 is 0. The van der Waals surface area contributed by atoms with Crippen molar-refractivity contribution in [1.82, 2.24) is 4.98 Å². The minimum absolute atomic E-state index is 0.176. The molecule has 0 aliphatic carbocycles. The molecule has 1 rings (SSSR count). The second-order valence-corrected chi connectivity index (χ2v) is 3.37. The van der Waals surface area contributed by atoms with E-state index in [1.54, 1.807) is 0 Å². The number of nitrogens with two attached hydrogens (primary N) is 1. The SMILES string of the molecule is CCOC(=O)c1cc(C(F)(F)F)nc(N)c1C(F)F. The van der Waals surface area contributed by atoms with Gasteiger partial charge in [0.1, 0.15) is 11.5 Å². The fourth-order valence-corrected chi connectivity index (χ4v) is 1.33. The van der Waals surface area contributed by atoms with Crippen LogP contribution in [0, 0.1) is 0 Å². The number of nitrogen functional groups attached to an aromatic ring is 1. The quantitative estimate of drug-likeness (QED) is 0.684. The maximum atomic E-state index is 12.7. The van der Waals surface area contributed by atoms with Gasteiger partial charge in [0.05, 0.1) is 17.7 Å². The third-order valence-corrected chi connectivity index (χ3v) is 2.09. The Labute approximate surface area is 104 Å². The first-order valence-electron chi connectivity index (χ1n) is 5.01. The van der Waals surface area contributed by atoms with Crippen LogP contribution in [-0.4, -0.2) is 17.6 Å². The molecule has 0 spiro atoms. The maximum absolute atomic E-state index is 12.7. The van der Waals surface area contributed by atoms with Gasteiger partial charge in [0.2, 0.25) is 0 Å². The molecule has 0 unspecified atom stereocenters. The van der Waals surface area contributed by atoms with Gasteiger partial charge in [-0.3, -0.25) is 0 Å². The van der Waals surface area contributed by atoms with Gasteiger partial charge in [0.15, 0.2) is 0 Å². The van der Waals surface area contributed by atoms with Crippen LogP contribution >= 0.6 is 0 Å². The van der Waals surface area contributed by atoms with E-state index in [1.165, 1.54) is 6.92 Å². The molecule has 0 aromatic carbocycles. The molecule has 0 aliphatic heterocycles.